The number of likely N-dealkylation sites (tertiary alicyclic amines) is 1. The number of fused-ring (bicyclic) bond motifs is 1. The zero-order valence-electron chi connectivity index (χ0n) is 14.3. The molecule has 23 heavy (non-hydrogen) atoms. The first-order valence-electron chi connectivity index (χ1n) is 8.88. The van der Waals surface area contributed by atoms with Gasteiger partial charge in [-0.25, -0.2) is 4.98 Å². The fourth-order valence-electron chi connectivity index (χ4n) is 3.76. The molecule has 0 aromatic carbocycles. The van der Waals surface area contributed by atoms with Crippen LogP contribution in [-0.2, 0) is 24.2 Å². The van der Waals surface area contributed by atoms with Crippen LogP contribution in [0, 0.1) is 0 Å². The predicted octanol–water partition coefficient (Wildman–Crippen LogP) is 1.79. The van der Waals surface area contributed by atoms with Gasteiger partial charge < -0.3 is 10.6 Å². The van der Waals surface area contributed by atoms with Gasteiger partial charge in [-0.2, -0.15) is 0 Å². The lowest BCUT2D eigenvalue weighted by Gasteiger charge is -2.28. The second-order valence-corrected chi connectivity index (χ2v) is 7.80. The van der Waals surface area contributed by atoms with E-state index in [2.05, 4.69) is 4.90 Å². The Morgan fingerprint density at radius 2 is 2.09 bits per heavy atom. The first-order chi connectivity index (χ1) is 11.1. The maximum Gasteiger partial charge on any atom is 0.239 e. The highest BCUT2D eigenvalue weighted by atomic mass is 32.1. The van der Waals surface area contributed by atoms with Crippen LogP contribution in [0.5, 0.6) is 0 Å². The molecule has 2 aliphatic rings. The summed E-state index contributed by atoms with van der Waals surface area (Å²) in [5.74, 6) is 0.226. The molecule has 2 N–H and O–H groups in total. The van der Waals surface area contributed by atoms with E-state index in [0.717, 1.165) is 44.0 Å². The molecule has 2 atom stereocenters. The van der Waals surface area contributed by atoms with E-state index >= 15 is 0 Å². The van der Waals surface area contributed by atoms with Crippen molar-refractivity contribution in [1.29, 1.82) is 0 Å². The van der Waals surface area contributed by atoms with Crippen LogP contribution in [-0.4, -0.2) is 52.4 Å². The third-order valence-electron chi connectivity index (χ3n) is 5.02. The summed E-state index contributed by atoms with van der Waals surface area (Å²) in [6.07, 6.45) is 5.60. The van der Waals surface area contributed by atoms with Gasteiger partial charge in [-0.3, -0.25) is 9.69 Å². The van der Waals surface area contributed by atoms with Gasteiger partial charge in [-0.05, 0) is 46.0 Å². The maximum absolute atomic E-state index is 12.8. The van der Waals surface area contributed by atoms with Crippen molar-refractivity contribution in [2.24, 2.45) is 5.73 Å². The summed E-state index contributed by atoms with van der Waals surface area (Å²) < 4.78 is 0. The van der Waals surface area contributed by atoms with E-state index in [1.807, 2.05) is 30.1 Å². The molecule has 1 aliphatic heterocycles. The monoisotopic (exact) mass is 336 g/mol. The standard InChI is InChI=1S/C17H28N4OS/c1-3-20(4-2)17(22)14-9-12(18)10-21(14)11-16-19-13-7-5-6-8-15(13)23-16/h12,14H,3-11,18H2,1-2H3/t12-,14+/m1/s1. The number of carbonyl (C=O) groups excluding carboxylic acids is 1. The molecule has 0 spiro atoms. The Labute approximate surface area is 142 Å². The van der Waals surface area contributed by atoms with E-state index in [-0.39, 0.29) is 18.0 Å². The van der Waals surface area contributed by atoms with Crippen LogP contribution >= 0.6 is 11.3 Å². The molecule has 5 nitrogen and oxygen atoms in total. The van der Waals surface area contributed by atoms with Crippen LogP contribution in [0.15, 0.2) is 0 Å². The summed E-state index contributed by atoms with van der Waals surface area (Å²) in [6.45, 7) is 7.16. The molecule has 6 heteroatoms. The van der Waals surface area contributed by atoms with Crippen molar-refractivity contribution >= 4 is 17.2 Å². The highest BCUT2D eigenvalue weighted by Crippen LogP contribution is 2.29. The number of hydrogen-bond acceptors (Lipinski definition) is 5. The number of likely N-dealkylation sites (N-methyl/N-ethyl adjacent to an activating group) is 1. The summed E-state index contributed by atoms with van der Waals surface area (Å²) in [6, 6.07) is 0.0138. The van der Waals surface area contributed by atoms with Gasteiger partial charge in [0.25, 0.3) is 0 Å². The molecule has 2 heterocycles. The molecular formula is C17H28N4OS. The highest BCUT2D eigenvalue weighted by molar-refractivity contribution is 7.11. The second-order valence-electron chi connectivity index (χ2n) is 6.64. The lowest BCUT2D eigenvalue weighted by molar-refractivity contribution is -0.135. The minimum atomic E-state index is -0.0779. The van der Waals surface area contributed by atoms with Gasteiger partial charge in [0.15, 0.2) is 0 Å². The summed E-state index contributed by atoms with van der Waals surface area (Å²) in [4.78, 5) is 23.2. The average Bonchev–Trinajstić information content (AvgIpc) is 3.11. The SMILES string of the molecule is CCN(CC)C(=O)[C@@H]1C[C@@H](N)CN1Cc1nc2c(s1)CCCC2. The second kappa shape index (κ2) is 7.28. The van der Waals surface area contributed by atoms with Crippen molar-refractivity contribution in [2.75, 3.05) is 19.6 Å². The Bertz CT molecular complexity index is 531. The largest absolute Gasteiger partial charge is 0.342 e. The normalized spacial score (nSPS) is 24.7. The van der Waals surface area contributed by atoms with E-state index in [4.69, 9.17) is 10.7 Å². The number of thiazole rings is 1. The van der Waals surface area contributed by atoms with E-state index in [1.165, 1.54) is 29.8 Å². The quantitative estimate of drug-likeness (QED) is 0.890. The number of carbonyl (C=O) groups is 1. The smallest absolute Gasteiger partial charge is 0.239 e. The van der Waals surface area contributed by atoms with Crippen molar-refractivity contribution in [2.45, 2.75) is 64.6 Å². The molecule has 1 aromatic rings. The van der Waals surface area contributed by atoms with Crippen molar-refractivity contribution in [3.8, 4) is 0 Å². The zero-order chi connectivity index (χ0) is 16.4. The summed E-state index contributed by atoms with van der Waals surface area (Å²) in [5.41, 5.74) is 7.46. The minimum absolute atomic E-state index is 0.0779. The lowest BCUT2D eigenvalue weighted by atomic mass is 10.0. The fraction of sp³-hybridized carbons (Fsp3) is 0.765. The Hall–Kier alpha value is -0.980. The molecule has 1 aliphatic carbocycles. The molecule has 0 radical (unpaired) electrons. The third-order valence-corrected chi connectivity index (χ3v) is 6.17. The van der Waals surface area contributed by atoms with Crippen molar-refractivity contribution in [3.05, 3.63) is 15.6 Å². The molecule has 3 rings (SSSR count). The molecular weight excluding hydrogens is 308 g/mol. The number of nitrogens with zero attached hydrogens (tertiary/aromatic N) is 3. The van der Waals surface area contributed by atoms with Gasteiger partial charge >= 0.3 is 0 Å². The van der Waals surface area contributed by atoms with Gasteiger partial charge in [0.2, 0.25) is 5.91 Å². The van der Waals surface area contributed by atoms with E-state index < -0.39 is 0 Å². The number of amides is 1. The minimum Gasteiger partial charge on any atom is -0.342 e. The molecule has 1 amide bonds. The van der Waals surface area contributed by atoms with E-state index in [0.29, 0.717) is 0 Å². The number of rotatable bonds is 5. The average molecular weight is 337 g/mol. The molecule has 128 valence electrons. The van der Waals surface area contributed by atoms with Gasteiger partial charge in [-0.15, -0.1) is 11.3 Å². The maximum atomic E-state index is 12.8. The zero-order valence-corrected chi connectivity index (χ0v) is 15.1. The number of aryl methyl sites for hydroxylation is 2. The summed E-state index contributed by atoms with van der Waals surface area (Å²) in [5, 5.41) is 1.16. The molecule has 0 saturated carbocycles. The highest BCUT2D eigenvalue weighted by Gasteiger charge is 2.37. The van der Waals surface area contributed by atoms with Crippen LogP contribution in [0.4, 0.5) is 0 Å². The Morgan fingerprint density at radius 1 is 1.35 bits per heavy atom. The van der Waals surface area contributed by atoms with Crippen LogP contribution in [0.25, 0.3) is 0 Å². The van der Waals surface area contributed by atoms with Crippen molar-refractivity contribution in [3.63, 3.8) is 0 Å². The summed E-state index contributed by atoms with van der Waals surface area (Å²) >= 11 is 1.84. The Morgan fingerprint density at radius 3 is 2.78 bits per heavy atom. The lowest BCUT2D eigenvalue weighted by Crippen LogP contribution is -2.45. The van der Waals surface area contributed by atoms with Gasteiger partial charge in [0.1, 0.15) is 5.01 Å². The van der Waals surface area contributed by atoms with Crippen LogP contribution in [0.1, 0.15) is 48.7 Å². The number of aromatic nitrogens is 1. The molecule has 1 aromatic heterocycles. The third kappa shape index (κ3) is 3.59. The van der Waals surface area contributed by atoms with Crippen LogP contribution in [0.2, 0.25) is 0 Å². The molecule has 0 bridgehead atoms. The Balaban J connectivity index is 1.72. The number of hydrogen-bond donors (Lipinski definition) is 1. The predicted molar refractivity (Wildman–Crippen MR) is 93.5 cm³/mol. The van der Waals surface area contributed by atoms with Crippen LogP contribution in [0.3, 0.4) is 0 Å². The molecule has 1 fully saturated rings. The van der Waals surface area contributed by atoms with E-state index in [9.17, 15) is 4.79 Å². The summed E-state index contributed by atoms with van der Waals surface area (Å²) in [7, 11) is 0. The van der Waals surface area contributed by atoms with Crippen molar-refractivity contribution in [1.82, 2.24) is 14.8 Å². The topological polar surface area (TPSA) is 62.5 Å². The Kier molecular flexibility index (Phi) is 5.34. The van der Waals surface area contributed by atoms with Gasteiger partial charge in [0, 0.05) is 30.6 Å². The van der Waals surface area contributed by atoms with Crippen LogP contribution < -0.4 is 5.73 Å². The van der Waals surface area contributed by atoms with Gasteiger partial charge in [0.05, 0.1) is 18.3 Å². The molecule has 1 saturated heterocycles. The van der Waals surface area contributed by atoms with Crippen molar-refractivity contribution < 1.29 is 4.79 Å². The van der Waals surface area contributed by atoms with E-state index in [1.54, 1.807) is 0 Å². The van der Waals surface area contributed by atoms with Gasteiger partial charge in [-0.1, -0.05) is 0 Å². The molecule has 0 unspecified atom stereocenters. The first-order valence-corrected chi connectivity index (χ1v) is 9.69. The number of nitrogens with two attached hydrogens (primary N) is 1. The first kappa shape index (κ1) is 16.9. The fourth-order valence-corrected chi connectivity index (χ4v) is 4.95.